The smallest absolute Gasteiger partial charge is 0.239 e. The van der Waals surface area contributed by atoms with Crippen LogP contribution in [0.15, 0.2) is 30.3 Å². The number of nitrogens with two attached hydrogens (primary N) is 1. The van der Waals surface area contributed by atoms with E-state index in [9.17, 15) is 4.79 Å². The molecule has 1 amide bonds. The maximum absolute atomic E-state index is 11.5. The van der Waals surface area contributed by atoms with Crippen LogP contribution in [0.2, 0.25) is 0 Å². The van der Waals surface area contributed by atoms with Gasteiger partial charge in [-0.3, -0.25) is 9.78 Å². The molecule has 1 aromatic heterocycles. The molecule has 100 valence electrons. The van der Waals surface area contributed by atoms with Crippen LogP contribution < -0.4 is 11.1 Å². The minimum Gasteiger partial charge on any atom is -0.368 e. The summed E-state index contributed by atoms with van der Waals surface area (Å²) in [4.78, 5) is 16.0. The molecular formula is C15H19N3O. The van der Waals surface area contributed by atoms with E-state index in [0.29, 0.717) is 0 Å². The predicted molar refractivity (Wildman–Crippen MR) is 76.7 cm³/mol. The van der Waals surface area contributed by atoms with Gasteiger partial charge in [-0.2, -0.15) is 0 Å². The fourth-order valence-corrected chi connectivity index (χ4v) is 2.10. The van der Waals surface area contributed by atoms with E-state index in [4.69, 9.17) is 5.73 Å². The maximum atomic E-state index is 11.5. The van der Waals surface area contributed by atoms with Crippen molar-refractivity contribution in [2.45, 2.75) is 26.3 Å². The zero-order chi connectivity index (χ0) is 13.8. The third-order valence-corrected chi connectivity index (χ3v) is 3.07. The molecule has 1 unspecified atom stereocenters. The molecule has 0 spiro atoms. The van der Waals surface area contributed by atoms with Crippen molar-refractivity contribution >= 4 is 16.8 Å². The van der Waals surface area contributed by atoms with Gasteiger partial charge in [0.25, 0.3) is 0 Å². The highest BCUT2D eigenvalue weighted by Crippen LogP contribution is 2.19. The predicted octanol–water partition coefficient (Wildman–Crippen LogP) is 2.07. The second-order valence-electron chi connectivity index (χ2n) is 4.69. The molecule has 1 aromatic carbocycles. The van der Waals surface area contributed by atoms with Gasteiger partial charge in [0.05, 0.1) is 5.52 Å². The number of amides is 1. The number of carbonyl (C=O) groups is 1. The second-order valence-corrected chi connectivity index (χ2v) is 4.69. The summed E-state index contributed by atoms with van der Waals surface area (Å²) in [5, 5.41) is 4.19. The summed E-state index contributed by atoms with van der Waals surface area (Å²) in [5.41, 5.74) is 8.26. The fraction of sp³-hybridized carbons (Fsp3) is 0.333. The number of rotatable bonds is 5. The van der Waals surface area contributed by atoms with Gasteiger partial charge >= 0.3 is 0 Å². The van der Waals surface area contributed by atoms with Crippen LogP contribution in [0.4, 0.5) is 0 Å². The molecule has 3 N–H and O–H groups in total. The first-order valence-corrected chi connectivity index (χ1v) is 6.52. The summed E-state index contributed by atoms with van der Waals surface area (Å²) < 4.78 is 0. The van der Waals surface area contributed by atoms with Gasteiger partial charge in [0.1, 0.15) is 6.04 Å². The maximum Gasteiger partial charge on any atom is 0.239 e. The molecule has 0 saturated heterocycles. The lowest BCUT2D eigenvalue weighted by molar-refractivity contribution is -0.120. The van der Waals surface area contributed by atoms with Crippen molar-refractivity contribution < 1.29 is 4.79 Å². The van der Waals surface area contributed by atoms with E-state index >= 15 is 0 Å². The van der Waals surface area contributed by atoms with E-state index in [1.54, 1.807) is 0 Å². The van der Waals surface area contributed by atoms with Crippen LogP contribution in [0, 0.1) is 6.92 Å². The number of carbonyl (C=O) groups excluding carboxylic acids is 1. The third kappa shape index (κ3) is 3.09. The Kier molecular flexibility index (Phi) is 4.12. The van der Waals surface area contributed by atoms with Gasteiger partial charge in [-0.1, -0.05) is 19.1 Å². The number of hydrogen-bond acceptors (Lipinski definition) is 3. The molecule has 0 aliphatic carbocycles. The minimum atomic E-state index is -0.439. The second kappa shape index (κ2) is 5.80. The summed E-state index contributed by atoms with van der Waals surface area (Å²) in [7, 11) is 0. The summed E-state index contributed by atoms with van der Waals surface area (Å²) in [5.74, 6) is -0.354. The standard InChI is InChI=1S/C15H19N3O/c1-3-8-17-14(15(16)19)12-6-7-13-11(9-12)5-4-10(2)18-13/h4-7,9,14,17H,3,8H2,1-2H3,(H2,16,19). The van der Waals surface area contributed by atoms with Crippen LogP contribution in [0.5, 0.6) is 0 Å². The molecule has 2 rings (SSSR count). The number of primary amides is 1. The molecule has 2 aromatic rings. The minimum absolute atomic E-state index is 0.354. The van der Waals surface area contributed by atoms with Crippen LogP contribution in [0.25, 0.3) is 10.9 Å². The Labute approximate surface area is 113 Å². The van der Waals surface area contributed by atoms with Crippen molar-refractivity contribution in [1.29, 1.82) is 0 Å². The van der Waals surface area contributed by atoms with Gasteiger partial charge in [-0.25, -0.2) is 0 Å². The van der Waals surface area contributed by atoms with E-state index < -0.39 is 6.04 Å². The van der Waals surface area contributed by atoms with Crippen molar-refractivity contribution in [2.75, 3.05) is 6.54 Å². The van der Waals surface area contributed by atoms with Crippen LogP contribution >= 0.6 is 0 Å². The molecule has 0 saturated carbocycles. The van der Waals surface area contributed by atoms with Gasteiger partial charge in [0.2, 0.25) is 5.91 Å². The first kappa shape index (κ1) is 13.5. The summed E-state index contributed by atoms with van der Waals surface area (Å²) >= 11 is 0. The topological polar surface area (TPSA) is 68.0 Å². The first-order valence-electron chi connectivity index (χ1n) is 6.52. The zero-order valence-electron chi connectivity index (χ0n) is 11.3. The SMILES string of the molecule is CCCNC(C(N)=O)c1ccc2nc(C)ccc2c1. The zero-order valence-corrected chi connectivity index (χ0v) is 11.3. The number of nitrogens with one attached hydrogen (secondary N) is 1. The Bertz CT molecular complexity index is 595. The summed E-state index contributed by atoms with van der Waals surface area (Å²) in [6, 6.07) is 9.35. The molecule has 4 heteroatoms. The molecule has 19 heavy (non-hydrogen) atoms. The van der Waals surface area contributed by atoms with Crippen molar-refractivity contribution in [2.24, 2.45) is 5.73 Å². The third-order valence-electron chi connectivity index (χ3n) is 3.07. The Morgan fingerprint density at radius 3 is 2.84 bits per heavy atom. The quantitative estimate of drug-likeness (QED) is 0.861. The molecule has 4 nitrogen and oxygen atoms in total. The summed E-state index contributed by atoms with van der Waals surface area (Å²) in [6.07, 6.45) is 0.956. The number of fused-ring (bicyclic) bond motifs is 1. The number of pyridine rings is 1. The number of aryl methyl sites for hydroxylation is 1. The van der Waals surface area contributed by atoms with Crippen LogP contribution in [-0.4, -0.2) is 17.4 Å². The highest BCUT2D eigenvalue weighted by atomic mass is 16.1. The van der Waals surface area contributed by atoms with E-state index in [1.807, 2.05) is 37.3 Å². The lowest BCUT2D eigenvalue weighted by Gasteiger charge is -2.15. The first-order chi connectivity index (χ1) is 9.11. The molecule has 0 aliphatic rings. The van der Waals surface area contributed by atoms with Crippen molar-refractivity contribution in [3.05, 3.63) is 41.6 Å². The Morgan fingerprint density at radius 1 is 1.37 bits per heavy atom. The molecule has 0 bridgehead atoms. The Balaban J connectivity index is 2.37. The number of benzene rings is 1. The van der Waals surface area contributed by atoms with E-state index in [-0.39, 0.29) is 5.91 Å². The number of hydrogen-bond donors (Lipinski definition) is 2. The van der Waals surface area contributed by atoms with Gasteiger partial charge < -0.3 is 11.1 Å². The Morgan fingerprint density at radius 2 is 2.16 bits per heavy atom. The van der Waals surface area contributed by atoms with Crippen molar-refractivity contribution in [3.8, 4) is 0 Å². The molecule has 1 heterocycles. The van der Waals surface area contributed by atoms with Gasteiger partial charge in [0.15, 0.2) is 0 Å². The average Bonchev–Trinajstić information content (AvgIpc) is 2.39. The van der Waals surface area contributed by atoms with Crippen molar-refractivity contribution in [1.82, 2.24) is 10.3 Å². The average molecular weight is 257 g/mol. The van der Waals surface area contributed by atoms with Gasteiger partial charge in [-0.05, 0) is 43.7 Å². The normalized spacial score (nSPS) is 12.5. The van der Waals surface area contributed by atoms with E-state index in [0.717, 1.165) is 35.1 Å². The van der Waals surface area contributed by atoms with Crippen molar-refractivity contribution in [3.63, 3.8) is 0 Å². The van der Waals surface area contributed by atoms with E-state index in [2.05, 4.69) is 17.2 Å². The Hall–Kier alpha value is -1.94. The van der Waals surface area contributed by atoms with Crippen LogP contribution in [-0.2, 0) is 4.79 Å². The summed E-state index contributed by atoms with van der Waals surface area (Å²) in [6.45, 7) is 4.78. The largest absolute Gasteiger partial charge is 0.368 e. The molecule has 0 fully saturated rings. The van der Waals surface area contributed by atoms with Crippen LogP contribution in [0.1, 0.15) is 30.6 Å². The molecule has 1 atom stereocenters. The number of nitrogens with zero attached hydrogens (tertiary/aromatic N) is 1. The fourth-order valence-electron chi connectivity index (χ4n) is 2.10. The highest BCUT2D eigenvalue weighted by molar-refractivity contribution is 5.85. The van der Waals surface area contributed by atoms with Gasteiger partial charge in [0, 0.05) is 11.1 Å². The highest BCUT2D eigenvalue weighted by Gasteiger charge is 2.16. The number of aromatic nitrogens is 1. The van der Waals surface area contributed by atoms with Crippen LogP contribution in [0.3, 0.4) is 0 Å². The van der Waals surface area contributed by atoms with Gasteiger partial charge in [-0.15, -0.1) is 0 Å². The molecular weight excluding hydrogens is 238 g/mol. The molecule has 0 aliphatic heterocycles. The monoisotopic (exact) mass is 257 g/mol. The lowest BCUT2D eigenvalue weighted by atomic mass is 10.0. The lowest BCUT2D eigenvalue weighted by Crippen LogP contribution is -2.34. The molecule has 0 radical (unpaired) electrons. The van der Waals surface area contributed by atoms with E-state index in [1.165, 1.54) is 0 Å².